The van der Waals surface area contributed by atoms with Gasteiger partial charge in [-0.15, -0.1) is 10.2 Å². The minimum atomic E-state index is 0.510. The number of benzene rings is 1. The van der Waals surface area contributed by atoms with Crippen molar-refractivity contribution in [1.29, 1.82) is 0 Å². The quantitative estimate of drug-likeness (QED) is 0.758. The maximum atomic E-state index is 6.73. The molecule has 0 aliphatic rings. The zero-order valence-corrected chi connectivity index (χ0v) is 8.01. The van der Waals surface area contributed by atoms with E-state index in [2.05, 4.69) is 25.5 Å². The summed E-state index contributed by atoms with van der Waals surface area (Å²) < 4.78 is 0. The molecule has 0 aliphatic heterocycles. The van der Waals surface area contributed by atoms with Crippen LogP contribution in [0.15, 0.2) is 24.3 Å². The largest absolute Gasteiger partial charge is 0.317 e. The van der Waals surface area contributed by atoms with Gasteiger partial charge in [-0.05, 0) is 16.8 Å². The Hall–Kier alpha value is -2.22. The minimum Gasteiger partial charge on any atom is -0.317 e. The summed E-state index contributed by atoms with van der Waals surface area (Å²) in [6.07, 6.45) is 0.759. The lowest BCUT2D eigenvalue weighted by Crippen LogP contribution is -1.89. The van der Waals surface area contributed by atoms with Crippen LogP contribution in [-0.4, -0.2) is 27.2 Å². The fourth-order valence-corrected chi connectivity index (χ4v) is 1.34. The molecule has 0 amide bonds. The van der Waals surface area contributed by atoms with Crippen LogP contribution in [0.3, 0.4) is 0 Å². The number of rotatable bonds is 3. The van der Waals surface area contributed by atoms with E-state index in [1.54, 1.807) is 0 Å². The number of nitrogens with one attached hydrogen (secondary N) is 1. The van der Waals surface area contributed by atoms with Crippen LogP contribution in [0.2, 0.25) is 0 Å². The molecule has 15 heavy (non-hydrogen) atoms. The topological polar surface area (TPSA) is 58.8 Å². The van der Waals surface area contributed by atoms with Crippen molar-refractivity contribution in [2.75, 3.05) is 6.54 Å². The zero-order chi connectivity index (χ0) is 10.5. The smallest absolute Gasteiger partial charge is 0.218 e. The molecule has 5 nitrogen and oxygen atoms in total. The maximum absolute atomic E-state index is 6.73. The highest BCUT2D eigenvalue weighted by Crippen LogP contribution is 2.15. The van der Waals surface area contributed by atoms with Crippen molar-refractivity contribution >= 4 is 0 Å². The van der Waals surface area contributed by atoms with Gasteiger partial charge in [-0.2, -0.15) is 5.21 Å². The second kappa shape index (κ2) is 4.33. The van der Waals surface area contributed by atoms with Gasteiger partial charge in [0.2, 0.25) is 12.4 Å². The number of hydrogen-bond acceptors (Lipinski definition) is 3. The predicted octanol–water partition coefficient (Wildman–Crippen LogP) is 1.33. The van der Waals surface area contributed by atoms with Gasteiger partial charge in [0.1, 0.15) is 0 Å². The lowest BCUT2D eigenvalue weighted by atomic mass is 10.1. The Balaban J connectivity index is 2.24. The Bertz CT molecular complexity index is 469. The van der Waals surface area contributed by atoms with Gasteiger partial charge >= 0.3 is 0 Å². The maximum Gasteiger partial charge on any atom is 0.218 e. The van der Waals surface area contributed by atoms with E-state index in [9.17, 15) is 0 Å². The molecule has 0 spiro atoms. The van der Waals surface area contributed by atoms with Gasteiger partial charge in [0, 0.05) is 12.0 Å². The highest BCUT2D eigenvalue weighted by atomic mass is 15.5. The van der Waals surface area contributed by atoms with Gasteiger partial charge in [-0.3, -0.25) is 0 Å². The van der Waals surface area contributed by atoms with E-state index in [-0.39, 0.29) is 0 Å². The molecular weight excluding hydrogens is 190 g/mol. The molecule has 0 atom stereocenters. The first-order chi connectivity index (χ1) is 7.40. The van der Waals surface area contributed by atoms with Gasteiger partial charge in [-0.1, -0.05) is 18.2 Å². The number of hydrogen-bond donors (Lipinski definition) is 1. The van der Waals surface area contributed by atoms with E-state index in [1.165, 1.54) is 0 Å². The molecule has 0 unspecified atom stereocenters. The average Bonchev–Trinajstić information content (AvgIpc) is 2.80. The van der Waals surface area contributed by atoms with Gasteiger partial charge in [-0.25, -0.2) is 6.57 Å². The summed E-state index contributed by atoms with van der Waals surface area (Å²) in [5, 5.41) is 13.7. The summed E-state index contributed by atoms with van der Waals surface area (Å²) in [5.41, 5.74) is 2.04. The lowest BCUT2D eigenvalue weighted by Gasteiger charge is -1.98. The molecule has 1 aromatic carbocycles. The van der Waals surface area contributed by atoms with Crippen LogP contribution in [0.5, 0.6) is 0 Å². The van der Waals surface area contributed by atoms with Crippen molar-refractivity contribution in [1.82, 2.24) is 20.6 Å². The summed E-state index contributed by atoms with van der Waals surface area (Å²) in [5.74, 6) is 0.583. The molecule has 2 rings (SSSR count). The van der Waals surface area contributed by atoms with E-state index in [0.29, 0.717) is 12.4 Å². The third-order valence-electron chi connectivity index (χ3n) is 2.04. The molecule has 1 N–H and O–H groups in total. The molecular formula is C10H9N5. The Kier molecular flexibility index (Phi) is 2.70. The van der Waals surface area contributed by atoms with Crippen molar-refractivity contribution < 1.29 is 0 Å². The van der Waals surface area contributed by atoms with Crippen molar-refractivity contribution in [2.45, 2.75) is 6.42 Å². The van der Waals surface area contributed by atoms with Crippen LogP contribution in [0.25, 0.3) is 16.2 Å². The predicted molar refractivity (Wildman–Crippen MR) is 54.8 cm³/mol. The van der Waals surface area contributed by atoms with Crippen LogP contribution >= 0.6 is 0 Å². The lowest BCUT2D eigenvalue weighted by molar-refractivity contribution is 0.881. The number of nitrogens with zero attached hydrogens (tertiary/aromatic N) is 4. The van der Waals surface area contributed by atoms with E-state index in [4.69, 9.17) is 6.57 Å². The summed E-state index contributed by atoms with van der Waals surface area (Å²) in [4.78, 5) is 3.32. The molecule has 0 aliphatic carbocycles. The standard InChI is InChI=1S/C10H9N5/c1-11-6-5-8-3-2-4-9(7-8)10-12-14-15-13-10/h2-4,7H,5-6H2,(H,12,13,14,15). The molecule has 0 saturated heterocycles. The third kappa shape index (κ3) is 2.17. The highest BCUT2D eigenvalue weighted by molar-refractivity contribution is 5.54. The highest BCUT2D eigenvalue weighted by Gasteiger charge is 2.03. The number of aromatic nitrogens is 4. The van der Waals surface area contributed by atoms with E-state index in [1.807, 2.05) is 24.3 Å². The average molecular weight is 199 g/mol. The summed E-state index contributed by atoms with van der Waals surface area (Å²) in [6.45, 7) is 7.24. The molecule has 1 aromatic heterocycles. The summed E-state index contributed by atoms with van der Waals surface area (Å²) >= 11 is 0. The van der Waals surface area contributed by atoms with Crippen molar-refractivity contribution in [3.05, 3.63) is 41.2 Å². The van der Waals surface area contributed by atoms with Crippen LogP contribution in [0.4, 0.5) is 0 Å². The number of aromatic amines is 1. The molecule has 1 heterocycles. The van der Waals surface area contributed by atoms with Crippen LogP contribution in [0, 0.1) is 6.57 Å². The second-order valence-electron chi connectivity index (χ2n) is 3.07. The summed E-state index contributed by atoms with van der Waals surface area (Å²) in [7, 11) is 0. The molecule has 74 valence electrons. The summed E-state index contributed by atoms with van der Waals surface area (Å²) in [6, 6.07) is 7.84. The van der Waals surface area contributed by atoms with Gasteiger partial charge in [0.15, 0.2) is 0 Å². The first-order valence-corrected chi connectivity index (χ1v) is 4.56. The van der Waals surface area contributed by atoms with Crippen molar-refractivity contribution in [3.63, 3.8) is 0 Å². The Morgan fingerprint density at radius 2 is 2.33 bits per heavy atom. The first kappa shape index (κ1) is 9.34. The van der Waals surface area contributed by atoms with Crippen molar-refractivity contribution in [2.24, 2.45) is 0 Å². The zero-order valence-electron chi connectivity index (χ0n) is 8.01. The third-order valence-corrected chi connectivity index (χ3v) is 2.04. The fourth-order valence-electron chi connectivity index (χ4n) is 1.34. The molecule has 0 saturated carbocycles. The Labute approximate surface area is 87.0 Å². The van der Waals surface area contributed by atoms with Crippen molar-refractivity contribution in [3.8, 4) is 11.4 Å². The van der Waals surface area contributed by atoms with E-state index < -0.39 is 0 Å². The van der Waals surface area contributed by atoms with Gasteiger partial charge < -0.3 is 4.85 Å². The Morgan fingerprint density at radius 1 is 1.40 bits per heavy atom. The fraction of sp³-hybridized carbons (Fsp3) is 0.200. The van der Waals surface area contributed by atoms with E-state index in [0.717, 1.165) is 17.5 Å². The monoisotopic (exact) mass is 199 g/mol. The number of tetrazole rings is 1. The van der Waals surface area contributed by atoms with Gasteiger partial charge in [0.05, 0.1) is 0 Å². The second-order valence-corrected chi connectivity index (χ2v) is 3.07. The SMILES string of the molecule is [C-]#[N+]CCc1cccc(-c2nn[nH]n2)c1. The van der Waals surface area contributed by atoms with Crippen LogP contribution in [-0.2, 0) is 6.42 Å². The first-order valence-electron chi connectivity index (χ1n) is 4.56. The minimum absolute atomic E-state index is 0.510. The normalized spacial score (nSPS) is 9.80. The number of H-pyrrole nitrogens is 1. The van der Waals surface area contributed by atoms with Crippen LogP contribution in [0.1, 0.15) is 5.56 Å². The Morgan fingerprint density at radius 3 is 3.07 bits per heavy atom. The van der Waals surface area contributed by atoms with Crippen LogP contribution < -0.4 is 0 Å². The molecule has 5 heteroatoms. The molecule has 2 aromatic rings. The molecule has 0 radical (unpaired) electrons. The molecule has 0 bridgehead atoms. The molecule has 0 fully saturated rings. The van der Waals surface area contributed by atoms with E-state index >= 15 is 0 Å². The van der Waals surface area contributed by atoms with Gasteiger partial charge in [0.25, 0.3) is 0 Å².